The average Bonchev–Trinajstić information content (AvgIpc) is 3.07. The molecule has 26 heavy (non-hydrogen) atoms. The molecule has 1 aromatic heterocycles. The first-order valence-electron chi connectivity index (χ1n) is 7.54. The molecule has 0 spiro atoms. The molecule has 0 fully saturated rings. The molecule has 3 aromatic rings. The Kier molecular flexibility index (Phi) is 5.80. The molecule has 0 aliphatic heterocycles. The predicted octanol–water partition coefficient (Wildman–Crippen LogP) is 5.04. The molecule has 3 rings (SSSR count). The van der Waals surface area contributed by atoms with Gasteiger partial charge in [-0.2, -0.15) is 0 Å². The van der Waals surface area contributed by atoms with Crippen LogP contribution in [-0.4, -0.2) is 26.3 Å². The van der Waals surface area contributed by atoms with Gasteiger partial charge in [-0.15, -0.1) is 5.10 Å². The highest BCUT2D eigenvalue weighted by Crippen LogP contribution is 2.30. The Morgan fingerprint density at radius 2 is 2.00 bits per heavy atom. The summed E-state index contributed by atoms with van der Waals surface area (Å²) in [6.45, 7) is 1.71. The molecule has 2 aromatic carbocycles. The molecular weight excluding hydrogens is 398 g/mol. The zero-order valence-corrected chi connectivity index (χ0v) is 15.8. The monoisotopic (exact) mass is 410 g/mol. The molecule has 2 N–H and O–H groups in total. The standard InChI is InChI=1S/C17H13Cl2FN4OS/c1-9(16(25)21-13-8-4-6-11(18)14(13)19)26-17-22-15(23-24-17)10-5-2-3-7-12(10)20/h2-9H,1H3,(H,21,25)(H,22,23,24). The lowest BCUT2D eigenvalue weighted by Crippen LogP contribution is -2.22. The number of nitrogens with zero attached hydrogens (tertiary/aromatic N) is 2. The number of aromatic nitrogens is 3. The third-order valence-electron chi connectivity index (χ3n) is 3.45. The van der Waals surface area contributed by atoms with Gasteiger partial charge in [0, 0.05) is 0 Å². The molecule has 0 aliphatic carbocycles. The molecule has 1 atom stereocenters. The van der Waals surface area contributed by atoms with E-state index in [4.69, 9.17) is 23.2 Å². The number of nitrogens with one attached hydrogen (secondary N) is 2. The molecule has 1 heterocycles. The van der Waals surface area contributed by atoms with E-state index in [0.29, 0.717) is 27.3 Å². The number of carbonyl (C=O) groups excluding carboxylic acids is 1. The quantitative estimate of drug-likeness (QED) is 0.578. The number of rotatable bonds is 5. The van der Waals surface area contributed by atoms with Crippen LogP contribution in [0.15, 0.2) is 47.6 Å². The van der Waals surface area contributed by atoms with Crippen LogP contribution in [0.3, 0.4) is 0 Å². The zero-order chi connectivity index (χ0) is 18.7. The Morgan fingerprint density at radius 3 is 2.77 bits per heavy atom. The van der Waals surface area contributed by atoms with E-state index in [-0.39, 0.29) is 10.9 Å². The van der Waals surface area contributed by atoms with Gasteiger partial charge in [0.15, 0.2) is 5.82 Å². The van der Waals surface area contributed by atoms with Gasteiger partial charge in [-0.3, -0.25) is 9.89 Å². The van der Waals surface area contributed by atoms with Crippen LogP contribution in [0.5, 0.6) is 0 Å². The largest absolute Gasteiger partial charge is 0.324 e. The fourth-order valence-corrected chi connectivity index (χ4v) is 3.19. The van der Waals surface area contributed by atoms with Crippen molar-refractivity contribution in [3.8, 4) is 11.4 Å². The van der Waals surface area contributed by atoms with Gasteiger partial charge in [-0.05, 0) is 31.2 Å². The van der Waals surface area contributed by atoms with Crippen molar-refractivity contribution < 1.29 is 9.18 Å². The van der Waals surface area contributed by atoms with Gasteiger partial charge >= 0.3 is 0 Å². The van der Waals surface area contributed by atoms with Crippen molar-refractivity contribution in [2.45, 2.75) is 17.3 Å². The fraction of sp³-hybridized carbons (Fsp3) is 0.118. The highest BCUT2D eigenvalue weighted by Gasteiger charge is 2.19. The van der Waals surface area contributed by atoms with Crippen molar-refractivity contribution in [3.05, 3.63) is 58.3 Å². The Morgan fingerprint density at radius 1 is 1.23 bits per heavy atom. The van der Waals surface area contributed by atoms with Crippen molar-refractivity contribution in [1.82, 2.24) is 15.2 Å². The third-order valence-corrected chi connectivity index (χ3v) is 5.23. The van der Waals surface area contributed by atoms with Crippen molar-refractivity contribution in [2.75, 3.05) is 5.32 Å². The summed E-state index contributed by atoms with van der Waals surface area (Å²) in [5.41, 5.74) is 0.744. The van der Waals surface area contributed by atoms with Gasteiger partial charge in [0.2, 0.25) is 11.1 Å². The Balaban J connectivity index is 1.68. The minimum Gasteiger partial charge on any atom is -0.324 e. The maximum absolute atomic E-state index is 13.8. The van der Waals surface area contributed by atoms with Crippen molar-refractivity contribution in [2.24, 2.45) is 0 Å². The summed E-state index contributed by atoms with van der Waals surface area (Å²) in [7, 11) is 0. The summed E-state index contributed by atoms with van der Waals surface area (Å²) in [5.74, 6) is -0.380. The minimum absolute atomic E-state index is 0.277. The van der Waals surface area contributed by atoms with Gasteiger partial charge in [0.05, 0.1) is 26.5 Å². The van der Waals surface area contributed by atoms with Gasteiger partial charge in [-0.1, -0.05) is 53.2 Å². The Bertz CT molecular complexity index is 950. The van der Waals surface area contributed by atoms with E-state index in [1.54, 1.807) is 43.3 Å². The molecule has 0 saturated carbocycles. The zero-order valence-electron chi connectivity index (χ0n) is 13.5. The first-order chi connectivity index (χ1) is 12.5. The number of amides is 1. The average molecular weight is 411 g/mol. The van der Waals surface area contributed by atoms with E-state index in [0.717, 1.165) is 11.8 Å². The molecule has 0 saturated heterocycles. The lowest BCUT2D eigenvalue weighted by atomic mass is 10.2. The number of aromatic amines is 1. The number of benzene rings is 2. The van der Waals surface area contributed by atoms with Crippen molar-refractivity contribution in [3.63, 3.8) is 0 Å². The smallest absolute Gasteiger partial charge is 0.237 e. The molecule has 0 aliphatic rings. The van der Waals surface area contributed by atoms with E-state index < -0.39 is 11.1 Å². The van der Waals surface area contributed by atoms with Crippen LogP contribution in [0, 0.1) is 5.82 Å². The fourth-order valence-electron chi connectivity index (χ4n) is 2.12. The Labute approximate surface area is 163 Å². The summed E-state index contributed by atoms with van der Waals surface area (Å²) in [6.07, 6.45) is 0. The first-order valence-corrected chi connectivity index (χ1v) is 9.18. The highest BCUT2D eigenvalue weighted by molar-refractivity contribution is 8.00. The molecule has 0 radical (unpaired) electrons. The maximum Gasteiger partial charge on any atom is 0.237 e. The first kappa shape index (κ1) is 18.7. The lowest BCUT2D eigenvalue weighted by molar-refractivity contribution is -0.115. The topological polar surface area (TPSA) is 70.7 Å². The maximum atomic E-state index is 13.8. The number of thioether (sulfide) groups is 1. The van der Waals surface area contributed by atoms with Crippen molar-refractivity contribution >= 4 is 46.6 Å². The number of anilines is 1. The van der Waals surface area contributed by atoms with Crippen molar-refractivity contribution in [1.29, 1.82) is 0 Å². The van der Waals surface area contributed by atoms with Crippen LogP contribution in [0.4, 0.5) is 10.1 Å². The van der Waals surface area contributed by atoms with Gasteiger partial charge in [0.25, 0.3) is 0 Å². The predicted molar refractivity (Wildman–Crippen MR) is 102 cm³/mol. The SMILES string of the molecule is CC(Sc1n[nH]c(-c2ccccc2F)n1)C(=O)Nc1cccc(Cl)c1Cl. The summed E-state index contributed by atoms with van der Waals surface area (Å²) < 4.78 is 13.8. The normalized spacial score (nSPS) is 12.0. The van der Waals surface area contributed by atoms with E-state index in [2.05, 4.69) is 20.5 Å². The van der Waals surface area contributed by atoms with E-state index in [1.165, 1.54) is 6.07 Å². The van der Waals surface area contributed by atoms with Crippen LogP contribution in [0.25, 0.3) is 11.4 Å². The molecular formula is C17H13Cl2FN4OS. The number of hydrogen-bond donors (Lipinski definition) is 2. The van der Waals surface area contributed by atoms with Crippen LogP contribution in [-0.2, 0) is 4.79 Å². The molecule has 1 amide bonds. The van der Waals surface area contributed by atoms with Crippen LogP contribution < -0.4 is 5.32 Å². The minimum atomic E-state index is -0.505. The molecule has 5 nitrogen and oxygen atoms in total. The summed E-state index contributed by atoms with van der Waals surface area (Å²) >= 11 is 13.1. The van der Waals surface area contributed by atoms with Crippen LogP contribution in [0.2, 0.25) is 10.0 Å². The number of carbonyl (C=O) groups is 1. The third kappa shape index (κ3) is 4.17. The summed E-state index contributed by atoms with van der Waals surface area (Å²) in [6, 6.07) is 11.2. The lowest BCUT2D eigenvalue weighted by Gasteiger charge is -2.11. The van der Waals surface area contributed by atoms with E-state index >= 15 is 0 Å². The number of halogens is 3. The molecule has 1 unspecified atom stereocenters. The number of hydrogen-bond acceptors (Lipinski definition) is 4. The van der Waals surface area contributed by atoms with Crippen LogP contribution in [0.1, 0.15) is 6.92 Å². The second-order valence-electron chi connectivity index (χ2n) is 5.30. The second-order valence-corrected chi connectivity index (χ2v) is 7.39. The van der Waals surface area contributed by atoms with Gasteiger partial charge in [0.1, 0.15) is 5.82 Å². The Hall–Kier alpha value is -2.09. The summed E-state index contributed by atoms with van der Waals surface area (Å²) in [4.78, 5) is 16.6. The summed E-state index contributed by atoms with van der Waals surface area (Å²) in [5, 5.41) is 9.89. The van der Waals surface area contributed by atoms with Gasteiger partial charge in [-0.25, -0.2) is 9.37 Å². The van der Waals surface area contributed by atoms with E-state index in [1.807, 2.05) is 0 Å². The molecule has 9 heteroatoms. The number of H-pyrrole nitrogens is 1. The molecule has 0 bridgehead atoms. The molecule has 134 valence electrons. The van der Waals surface area contributed by atoms with Crippen LogP contribution >= 0.6 is 35.0 Å². The van der Waals surface area contributed by atoms with E-state index in [9.17, 15) is 9.18 Å². The second kappa shape index (κ2) is 8.07. The van der Waals surface area contributed by atoms with Gasteiger partial charge < -0.3 is 5.32 Å². The highest BCUT2D eigenvalue weighted by atomic mass is 35.5.